The van der Waals surface area contributed by atoms with Gasteiger partial charge in [0.25, 0.3) is 0 Å². The van der Waals surface area contributed by atoms with Crippen molar-refractivity contribution in [3.8, 4) is 0 Å². The van der Waals surface area contributed by atoms with Crippen molar-refractivity contribution in [1.82, 2.24) is 5.32 Å². The summed E-state index contributed by atoms with van der Waals surface area (Å²) in [6.45, 7) is 4.98. The zero-order chi connectivity index (χ0) is 14.4. The van der Waals surface area contributed by atoms with Gasteiger partial charge in [-0.15, -0.1) is 0 Å². The first-order valence-corrected chi connectivity index (χ1v) is 6.52. The number of methoxy groups -OCH3 is 1. The molecule has 0 saturated heterocycles. The van der Waals surface area contributed by atoms with Crippen LogP contribution in [0, 0.1) is 13.8 Å². The van der Waals surface area contributed by atoms with Gasteiger partial charge in [-0.05, 0) is 50.6 Å². The van der Waals surface area contributed by atoms with E-state index < -0.39 is 0 Å². The number of nitrogens with zero attached hydrogens (tertiary/aromatic N) is 1. The van der Waals surface area contributed by atoms with E-state index in [0.29, 0.717) is 6.42 Å². The number of benzene rings is 1. The Bertz CT molecular complexity index is 412. The van der Waals surface area contributed by atoms with E-state index in [1.807, 2.05) is 7.05 Å². The third-order valence-corrected chi connectivity index (χ3v) is 3.23. The van der Waals surface area contributed by atoms with Crippen LogP contribution in [0.2, 0.25) is 0 Å². The van der Waals surface area contributed by atoms with Gasteiger partial charge in [0, 0.05) is 19.3 Å². The second kappa shape index (κ2) is 7.14. The maximum atomic E-state index is 11.5. The Morgan fingerprint density at radius 2 is 1.89 bits per heavy atom. The molecule has 106 valence electrons. The van der Waals surface area contributed by atoms with Gasteiger partial charge in [-0.25, -0.2) is 0 Å². The van der Waals surface area contributed by atoms with Gasteiger partial charge in [-0.2, -0.15) is 0 Å². The molecule has 0 heterocycles. The maximum Gasteiger partial charge on any atom is 0.322 e. The number of hydrogen-bond acceptors (Lipinski definition) is 4. The molecule has 1 aromatic rings. The van der Waals surface area contributed by atoms with Crippen molar-refractivity contribution in [1.29, 1.82) is 0 Å². The van der Waals surface area contributed by atoms with Crippen molar-refractivity contribution in [3.63, 3.8) is 0 Å². The van der Waals surface area contributed by atoms with Crippen LogP contribution >= 0.6 is 0 Å². The monoisotopic (exact) mass is 264 g/mol. The van der Waals surface area contributed by atoms with Crippen LogP contribution in [0.25, 0.3) is 0 Å². The van der Waals surface area contributed by atoms with Crippen LogP contribution in [-0.2, 0) is 9.53 Å². The highest BCUT2D eigenvalue weighted by Gasteiger charge is 2.17. The standard InChI is InChI=1S/C15H24N2O2/c1-11-8-12(2)10-13(9-11)17(4)7-6-14(16-3)15(18)19-5/h8-10,14,16H,6-7H2,1-5H3. The number of hydrogen-bond donors (Lipinski definition) is 1. The van der Waals surface area contributed by atoms with Gasteiger partial charge in [-0.3, -0.25) is 4.79 Å². The van der Waals surface area contributed by atoms with Crippen LogP contribution in [0.15, 0.2) is 18.2 Å². The number of nitrogens with one attached hydrogen (secondary N) is 1. The average Bonchev–Trinajstić information content (AvgIpc) is 2.37. The third-order valence-electron chi connectivity index (χ3n) is 3.23. The summed E-state index contributed by atoms with van der Waals surface area (Å²) in [6, 6.07) is 6.21. The van der Waals surface area contributed by atoms with Crippen molar-refractivity contribution < 1.29 is 9.53 Å². The molecule has 0 spiro atoms. The summed E-state index contributed by atoms with van der Waals surface area (Å²) in [4.78, 5) is 13.7. The highest BCUT2D eigenvalue weighted by atomic mass is 16.5. The van der Waals surface area contributed by atoms with Gasteiger partial charge in [0.2, 0.25) is 0 Å². The summed E-state index contributed by atoms with van der Waals surface area (Å²) in [6.07, 6.45) is 0.715. The molecule has 0 aliphatic heterocycles. The largest absolute Gasteiger partial charge is 0.468 e. The van der Waals surface area contributed by atoms with E-state index in [4.69, 9.17) is 4.74 Å². The predicted molar refractivity (Wildman–Crippen MR) is 78.7 cm³/mol. The fourth-order valence-corrected chi connectivity index (χ4v) is 2.15. The van der Waals surface area contributed by atoms with Crippen LogP contribution < -0.4 is 10.2 Å². The number of esters is 1. The van der Waals surface area contributed by atoms with E-state index in [1.165, 1.54) is 23.9 Å². The van der Waals surface area contributed by atoms with Crippen LogP contribution in [0.3, 0.4) is 0 Å². The SMILES string of the molecule is CNC(CCN(C)c1cc(C)cc(C)c1)C(=O)OC. The van der Waals surface area contributed by atoms with E-state index >= 15 is 0 Å². The van der Waals surface area contributed by atoms with E-state index in [1.54, 1.807) is 7.05 Å². The summed E-state index contributed by atoms with van der Waals surface area (Å²) in [7, 11) is 5.23. The Balaban J connectivity index is 2.63. The first-order valence-electron chi connectivity index (χ1n) is 6.52. The highest BCUT2D eigenvalue weighted by Crippen LogP contribution is 2.17. The lowest BCUT2D eigenvalue weighted by molar-refractivity contribution is -0.143. The molecule has 0 aliphatic carbocycles. The fourth-order valence-electron chi connectivity index (χ4n) is 2.15. The van der Waals surface area contributed by atoms with Crippen LogP contribution in [0.4, 0.5) is 5.69 Å². The Hall–Kier alpha value is -1.55. The molecular weight excluding hydrogens is 240 g/mol. The number of aryl methyl sites for hydroxylation is 2. The minimum Gasteiger partial charge on any atom is -0.468 e. The van der Waals surface area contributed by atoms with Gasteiger partial charge in [0.1, 0.15) is 6.04 Å². The molecule has 4 heteroatoms. The zero-order valence-corrected chi connectivity index (χ0v) is 12.5. The molecule has 1 rings (SSSR count). The van der Waals surface area contributed by atoms with Crippen LogP contribution in [0.1, 0.15) is 17.5 Å². The van der Waals surface area contributed by atoms with E-state index in [9.17, 15) is 4.79 Å². The molecule has 0 bridgehead atoms. The summed E-state index contributed by atoms with van der Waals surface area (Å²) >= 11 is 0. The molecule has 1 aromatic carbocycles. The van der Waals surface area contributed by atoms with Gasteiger partial charge in [-0.1, -0.05) is 6.07 Å². The average molecular weight is 264 g/mol. The molecule has 0 radical (unpaired) electrons. The van der Waals surface area contributed by atoms with E-state index in [-0.39, 0.29) is 12.0 Å². The van der Waals surface area contributed by atoms with Crippen LogP contribution in [0.5, 0.6) is 0 Å². The second-order valence-corrected chi connectivity index (χ2v) is 4.92. The Kier molecular flexibility index (Phi) is 5.83. The van der Waals surface area contributed by atoms with Crippen molar-refractivity contribution >= 4 is 11.7 Å². The van der Waals surface area contributed by atoms with E-state index in [0.717, 1.165) is 6.54 Å². The number of carbonyl (C=O) groups excluding carboxylic acids is 1. The van der Waals surface area contributed by atoms with Crippen LogP contribution in [-0.4, -0.2) is 39.8 Å². The molecular formula is C15H24N2O2. The number of anilines is 1. The van der Waals surface area contributed by atoms with Crippen molar-refractivity contribution in [2.45, 2.75) is 26.3 Å². The Labute approximate surface area is 115 Å². The number of ether oxygens (including phenoxy) is 1. The molecule has 0 saturated carbocycles. The summed E-state index contributed by atoms with van der Waals surface area (Å²) < 4.78 is 4.76. The fraction of sp³-hybridized carbons (Fsp3) is 0.533. The first kappa shape index (κ1) is 15.5. The van der Waals surface area contributed by atoms with Crippen molar-refractivity contribution in [2.24, 2.45) is 0 Å². The Morgan fingerprint density at radius 1 is 1.32 bits per heavy atom. The molecule has 0 fully saturated rings. The molecule has 19 heavy (non-hydrogen) atoms. The molecule has 0 aromatic heterocycles. The van der Waals surface area contributed by atoms with E-state index in [2.05, 4.69) is 42.3 Å². The molecule has 0 amide bonds. The number of carbonyl (C=O) groups is 1. The predicted octanol–water partition coefficient (Wildman–Crippen LogP) is 1.89. The first-order chi connectivity index (χ1) is 8.97. The van der Waals surface area contributed by atoms with Gasteiger partial charge in [0.15, 0.2) is 0 Å². The lowest BCUT2D eigenvalue weighted by Crippen LogP contribution is -2.38. The number of rotatable bonds is 6. The molecule has 0 aliphatic rings. The normalized spacial score (nSPS) is 12.1. The summed E-state index contributed by atoms with van der Waals surface area (Å²) in [5.74, 6) is -0.212. The third kappa shape index (κ3) is 4.56. The molecule has 1 N–H and O–H groups in total. The molecule has 1 atom stereocenters. The number of likely N-dealkylation sites (N-methyl/N-ethyl adjacent to an activating group) is 1. The molecule has 4 nitrogen and oxygen atoms in total. The van der Waals surface area contributed by atoms with Crippen molar-refractivity contribution in [3.05, 3.63) is 29.3 Å². The lowest BCUT2D eigenvalue weighted by Gasteiger charge is -2.23. The maximum absolute atomic E-state index is 11.5. The van der Waals surface area contributed by atoms with Gasteiger partial charge < -0.3 is 15.0 Å². The molecule has 1 unspecified atom stereocenters. The zero-order valence-electron chi connectivity index (χ0n) is 12.5. The minimum atomic E-state index is -0.252. The minimum absolute atomic E-state index is 0.212. The highest BCUT2D eigenvalue weighted by molar-refractivity contribution is 5.75. The van der Waals surface area contributed by atoms with Gasteiger partial charge >= 0.3 is 5.97 Å². The summed E-state index contributed by atoms with van der Waals surface area (Å²) in [5.41, 5.74) is 3.68. The van der Waals surface area contributed by atoms with Gasteiger partial charge in [0.05, 0.1) is 7.11 Å². The van der Waals surface area contributed by atoms with Crippen molar-refractivity contribution in [2.75, 3.05) is 32.6 Å². The summed E-state index contributed by atoms with van der Waals surface area (Å²) in [5, 5.41) is 2.98. The second-order valence-electron chi connectivity index (χ2n) is 4.92. The quantitative estimate of drug-likeness (QED) is 0.797. The lowest BCUT2D eigenvalue weighted by atomic mass is 10.1. The Morgan fingerprint density at radius 3 is 2.37 bits per heavy atom. The topological polar surface area (TPSA) is 41.6 Å². The smallest absolute Gasteiger partial charge is 0.322 e.